The van der Waals surface area contributed by atoms with Crippen LogP contribution >= 0.6 is 0 Å². The molecule has 2 N–H and O–H groups in total. The van der Waals surface area contributed by atoms with Crippen LogP contribution in [0.15, 0.2) is 12.4 Å². The summed E-state index contributed by atoms with van der Waals surface area (Å²) in [6, 6.07) is 0. The molecule has 1 aromatic heterocycles. The van der Waals surface area contributed by atoms with E-state index in [9.17, 15) is 5.11 Å². The van der Waals surface area contributed by atoms with Crippen LogP contribution in [0, 0.1) is 5.92 Å². The first-order chi connectivity index (χ1) is 7.58. The molecule has 0 saturated carbocycles. The van der Waals surface area contributed by atoms with Gasteiger partial charge < -0.3 is 10.4 Å². The maximum absolute atomic E-state index is 10.5. The summed E-state index contributed by atoms with van der Waals surface area (Å²) in [6.45, 7) is 3.95. The largest absolute Gasteiger partial charge is 0.389 e. The van der Waals surface area contributed by atoms with Crippen molar-refractivity contribution in [2.24, 2.45) is 13.0 Å². The fourth-order valence-corrected chi connectivity index (χ4v) is 2.50. The van der Waals surface area contributed by atoms with Crippen molar-refractivity contribution in [2.75, 3.05) is 13.1 Å². The van der Waals surface area contributed by atoms with E-state index in [0.717, 1.165) is 31.5 Å². The molecule has 2 unspecified atom stereocenters. The number of nitrogens with zero attached hydrogens (tertiary/aromatic N) is 2. The second-order valence-electron chi connectivity index (χ2n) is 5.10. The minimum Gasteiger partial charge on any atom is -0.389 e. The quantitative estimate of drug-likeness (QED) is 0.793. The van der Waals surface area contributed by atoms with Gasteiger partial charge in [0.15, 0.2) is 0 Å². The van der Waals surface area contributed by atoms with Crippen LogP contribution in [-0.4, -0.2) is 33.6 Å². The number of hydrogen-bond acceptors (Lipinski definition) is 3. The molecule has 0 bridgehead atoms. The first-order valence-corrected chi connectivity index (χ1v) is 5.98. The summed E-state index contributed by atoms with van der Waals surface area (Å²) in [6.07, 6.45) is 6.77. The second-order valence-corrected chi connectivity index (χ2v) is 5.10. The van der Waals surface area contributed by atoms with Gasteiger partial charge >= 0.3 is 0 Å². The summed E-state index contributed by atoms with van der Waals surface area (Å²) in [7, 11) is 1.90. The van der Waals surface area contributed by atoms with Crippen LogP contribution in [-0.2, 0) is 13.5 Å². The Kier molecular flexibility index (Phi) is 3.30. The van der Waals surface area contributed by atoms with E-state index in [-0.39, 0.29) is 0 Å². The molecule has 0 spiro atoms. The molecule has 1 fully saturated rings. The fourth-order valence-electron chi connectivity index (χ4n) is 2.50. The SMILES string of the molecule is Cn1cc(CC(C)(O)C2CCCNC2)cn1. The van der Waals surface area contributed by atoms with Gasteiger partial charge in [0.2, 0.25) is 0 Å². The lowest BCUT2D eigenvalue weighted by Gasteiger charge is -2.35. The van der Waals surface area contributed by atoms with E-state index in [1.807, 2.05) is 26.4 Å². The number of hydrogen-bond donors (Lipinski definition) is 2. The molecular weight excluding hydrogens is 202 g/mol. The van der Waals surface area contributed by atoms with Crippen LogP contribution in [0.1, 0.15) is 25.3 Å². The summed E-state index contributed by atoms with van der Waals surface area (Å²) in [5.41, 5.74) is 0.481. The van der Waals surface area contributed by atoms with Gasteiger partial charge in [0.1, 0.15) is 0 Å². The zero-order valence-electron chi connectivity index (χ0n) is 10.1. The maximum atomic E-state index is 10.5. The Bertz CT molecular complexity index is 340. The van der Waals surface area contributed by atoms with Gasteiger partial charge in [0.05, 0.1) is 11.8 Å². The molecule has 1 saturated heterocycles. The maximum Gasteiger partial charge on any atom is 0.0701 e. The Morgan fingerprint density at radius 3 is 3.06 bits per heavy atom. The molecule has 90 valence electrons. The molecule has 1 aromatic rings. The molecule has 16 heavy (non-hydrogen) atoms. The van der Waals surface area contributed by atoms with Crippen LogP contribution in [0.5, 0.6) is 0 Å². The van der Waals surface area contributed by atoms with Crippen LogP contribution in [0.3, 0.4) is 0 Å². The molecule has 2 rings (SSSR count). The van der Waals surface area contributed by atoms with Gasteiger partial charge in [-0.1, -0.05) is 0 Å². The number of aromatic nitrogens is 2. The molecule has 0 aromatic carbocycles. The second kappa shape index (κ2) is 4.55. The molecule has 4 heteroatoms. The molecule has 0 aliphatic carbocycles. The van der Waals surface area contributed by atoms with Gasteiger partial charge in [-0.25, -0.2) is 0 Å². The van der Waals surface area contributed by atoms with E-state index in [0.29, 0.717) is 12.3 Å². The highest BCUT2D eigenvalue weighted by atomic mass is 16.3. The minimum atomic E-state index is -0.629. The molecule has 0 amide bonds. The smallest absolute Gasteiger partial charge is 0.0701 e. The van der Waals surface area contributed by atoms with Crippen molar-refractivity contribution < 1.29 is 5.11 Å². The Hall–Kier alpha value is -0.870. The van der Waals surface area contributed by atoms with Crippen LogP contribution in [0.25, 0.3) is 0 Å². The topological polar surface area (TPSA) is 50.1 Å². The molecule has 1 aliphatic rings. The average Bonchev–Trinajstić information content (AvgIpc) is 2.64. The Morgan fingerprint density at radius 1 is 1.69 bits per heavy atom. The summed E-state index contributed by atoms with van der Waals surface area (Å²) < 4.78 is 1.78. The lowest BCUT2D eigenvalue weighted by molar-refractivity contribution is -0.0102. The summed E-state index contributed by atoms with van der Waals surface area (Å²) in [5, 5.41) is 18.0. The minimum absolute atomic E-state index is 0.349. The molecule has 4 nitrogen and oxygen atoms in total. The number of aryl methyl sites for hydroxylation is 1. The summed E-state index contributed by atoms with van der Waals surface area (Å²) in [5.74, 6) is 0.349. The van der Waals surface area contributed by atoms with Crippen molar-refractivity contribution in [3.63, 3.8) is 0 Å². The number of nitrogens with one attached hydrogen (secondary N) is 1. The highest BCUT2D eigenvalue weighted by Crippen LogP contribution is 2.27. The summed E-state index contributed by atoms with van der Waals surface area (Å²) in [4.78, 5) is 0. The van der Waals surface area contributed by atoms with Crippen molar-refractivity contribution in [3.05, 3.63) is 18.0 Å². The van der Waals surface area contributed by atoms with E-state index in [2.05, 4.69) is 10.4 Å². The van der Waals surface area contributed by atoms with Crippen molar-refractivity contribution in [1.82, 2.24) is 15.1 Å². The van der Waals surface area contributed by atoms with E-state index in [1.165, 1.54) is 0 Å². The Balaban J connectivity index is 2.00. The molecule has 0 radical (unpaired) electrons. The monoisotopic (exact) mass is 223 g/mol. The van der Waals surface area contributed by atoms with E-state index in [4.69, 9.17) is 0 Å². The third-order valence-corrected chi connectivity index (χ3v) is 3.50. The van der Waals surface area contributed by atoms with Gasteiger partial charge in [-0.3, -0.25) is 4.68 Å². The Labute approximate surface area is 96.7 Å². The first-order valence-electron chi connectivity index (χ1n) is 5.98. The first kappa shape index (κ1) is 11.6. The lowest BCUT2D eigenvalue weighted by atomic mass is 9.80. The number of piperidine rings is 1. The molecule has 1 aliphatic heterocycles. The average molecular weight is 223 g/mol. The zero-order chi connectivity index (χ0) is 11.6. The lowest BCUT2D eigenvalue weighted by Crippen LogP contribution is -2.45. The van der Waals surface area contributed by atoms with E-state index < -0.39 is 5.60 Å². The molecule has 2 heterocycles. The van der Waals surface area contributed by atoms with E-state index >= 15 is 0 Å². The van der Waals surface area contributed by atoms with Gasteiger partial charge in [-0.15, -0.1) is 0 Å². The van der Waals surface area contributed by atoms with Gasteiger partial charge in [-0.05, 0) is 31.9 Å². The third-order valence-electron chi connectivity index (χ3n) is 3.50. The summed E-state index contributed by atoms with van der Waals surface area (Å²) >= 11 is 0. The highest BCUT2D eigenvalue weighted by molar-refractivity contribution is 5.08. The standard InChI is InChI=1S/C12H21N3O/c1-12(16,11-4-3-5-13-8-11)6-10-7-14-15(2)9-10/h7,9,11,13,16H,3-6,8H2,1-2H3. The van der Waals surface area contributed by atoms with E-state index in [1.54, 1.807) is 4.68 Å². The third kappa shape index (κ3) is 2.62. The predicted octanol–water partition coefficient (Wildman–Crippen LogP) is 0.713. The predicted molar refractivity (Wildman–Crippen MR) is 63.1 cm³/mol. The van der Waals surface area contributed by atoms with Gasteiger partial charge in [0.25, 0.3) is 0 Å². The fraction of sp³-hybridized carbons (Fsp3) is 0.750. The van der Waals surface area contributed by atoms with Crippen LogP contribution < -0.4 is 5.32 Å². The zero-order valence-corrected chi connectivity index (χ0v) is 10.1. The molecule has 2 atom stereocenters. The number of rotatable bonds is 3. The normalized spacial score (nSPS) is 25.3. The van der Waals surface area contributed by atoms with Crippen LogP contribution in [0.2, 0.25) is 0 Å². The van der Waals surface area contributed by atoms with Crippen molar-refractivity contribution in [3.8, 4) is 0 Å². The highest BCUT2D eigenvalue weighted by Gasteiger charge is 2.33. The Morgan fingerprint density at radius 2 is 2.50 bits per heavy atom. The van der Waals surface area contributed by atoms with Crippen LogP contribution in [0.4, 0.5) is 0 Å². The van der Waals surface area contributed by atoms with Crippen molar-refractivity contribution in [1.29, 1.82) is 0 Å². The molecular formula is C12H21N3O. The van der Waals surface area contributed by atoms with Gasteiger partial charge in [0, 0.05) is 32.1 Å². The van der Waals surface area contributed by atoms with Gasteiger partial charge in [-0.2, -0.15) is 5.10 Å². The van der Waals surface area contributed by atoms with Crippen molar-refractivity contribution in [2.45, 2.75) is 31.8 Å². The van der Waals surface area contributed by atoms with Crippen molar-refractivity contribution >= 4 is 0 Å². The number of aliphatic hydroxyl groups is 1.